The summed E-state index contributed by atoms with van der Waals surface area (Å²) in [5, 5.41) is 3.99. The average Bonchev–Trinajstić information content (AvgIpc) is 3.31. The largest absolute Gasteiger partial charge is 0.457 e. The number of hydrazone groups is 1. The highest BCUT2D eigenvalue weighted by atomic mass is 19.4. The molecule has 0 bridgehead atoms. The first-order valence-electron chi connectivity index (χ1n) is 10.4. The highest BCUT2D eigenvalue weighted by Crippen LogP contribution is 2.43. The number of hydrogen-bond acceptors (Lipinski definition) is 4. The van der Waals surface area contributed by atoms with Crippen molar-refractivity contribution in [3.8, 4) is 22.8 Å². The minimum Gasteiger partial charge on any atom is -0.457 e. The number of fused-ring (bicyclic) bond motifs is 2. The minimum atomic E-state index is -4.45. The van der Waals surface area contributed by atoms with Gasteiger partial charge in [-0.1, -0.05) is 48.5 Å². The molecular weight excluding hydrogens is 445 g/mol. The fraction of sp³-hybridized carbons (Fsp3) is 0.0769. The molecule has 2 heterocycles. The van der Waals surface area contributed by atoms with E-state index in [9.17, 15) is 18.0 Å². The van der Waals surface area contributed by atoms with Gasteiger partial charge < -0.3 is 9.15 Å². The summed E-state index contributed by atoms with van der Waals surface area (Å²) >= 11 is 0. The van der Waals surface area contributed by atoms with Gasteiger partial charge in [0, 0.05) is 16.7 Å². The molecule has 0 spiro atoms. The van der Waals surface area contributed by atoms with Crippen LogP contribution in [0.5, 0.6) is 11.5 Å². The molecule has 0 atom stereocenters. The van der Waals surface area contributed by atoms with Crippen molar-refractivity contribution in [1.82, 2.24) is 5.43 Å². The van der Waals surface area contributed by atoms with Crippen LogP contribution in [-0.2, 0) is 11.0 Å². The summed E-state index contributed by atoms with van der Waals surface area (Å²) in [5.41, 5.74) is 3.49. The number of carbonyl (C=O) groups excluding carboxylic acids is 1. The van der Waals surface area contributed by atoms with Crippen molar-refractivity contribution in [1.29, 1.82) is 0 Å². The number of alkyl halides is 3. The van der Waals surface area contributed by atoms with E-state index in [0.29, 0.717) is 11.5 Å². The van der Waals surface area contributed by atoms with Crippen LogP contribution in [-0.4, -0.2) is 12.1 Å². The predicted octanol–water partition coefficient (Wildman–Crippen LogP) is 6.35. The molecule has 34 heavy (non-hydrogen) atoms. The number of furan rings is 1. The Kier molecular flexibility index (Phi) is 5.41. The second-order valence-corrected chi connectivity index (χ2v) is 7.63. The molecular formula is C26H17F3N2O3. The number of benzene rings is 3. The summed E-state index contributed by atoms with van der Waals surface area (Å²) < 4.78 is 50.4. The molecule has 0 aliphatic carbocycles. The Morgan fingerprint density at radius 3 is 2.24 bits per heavy atom. The molecule has 5 rings (SSSR count). The molecule has 0 fully saturated rings. The zero-order valence-corrected chi connectivity index (χ0v) is 17.5. The first-order valence-corrected chi connectivity index (χ1v) is 10.4. The lowest BCUT2D eigenvalue weighted by atomic mass is 9.87. The van der Waals surface area contributed by atoms with Gasteiger partial charge in [-0.05, 0) is 36.4 Å². The molecule has 170 valence electrons. The van der Waals surface area contributed by atoms with Gasteiger partial charge in [0.25, 0.3) is 5.91 Å². The van der Waals surface area contributed by atoms with E-state index in [1.54, 1.807) is 24.3 Å². The molecule has 0 saturated carbocycles. The third-order valence-electron chi connectivity index (χ3n) is 5.41. The number of para-hydroxylation sites is 2. The van der Waals surface area contributed by atoms with Crippen molar-refractivity contribution in [2.45, 2.75) is 12.1 Å². The van der Waals surface area contributed by atoms with E-state index in [-0.39, 0.29) is 23.0 Å². The van der Waals surface area contributed by atoms with Crippen molar-refractivity contribution >= 4 is 12.1 Å². The number of amides is 1. The van der Waals surface area contributed by atoms with Crippen LogP contribution in [0.1, 0.15) is 28.4 Å². The van der Waals surface area contributed by atoms with Gasteiger partial charge in [0.2, 0.25) is 0 Å². The highest BCUT2D eigenvalue weighted by molar-refractivity contribution is 5.90. The third kappa shape index (κ3) is 4.17. The van der Waals surface area contributed by atoms with E-state index in [4.69, 9.17) is 9.15 Å². The Balaban J connectivity index is 1.34. The zero-order valence-electron chi connectivity index (χ0n) is 17.5. The summed E-state index contributed by atoms with van der Waals surface area (Å²) in [4.78, 5) is 13.1. The van der Waals surface area contributed by atoms with E-state index in [1.807, 2.05) is 36.4 Å². The first kappa shape index (κ1) is 21.5. The lowest BCUT2D eigenvalue weighted by molar-refractivity contribution is -0.137. The van der Waals surface area contributed by atoms with Gasteiger partial charge in [-0.25, -0.2) is 5.43 Å². The van der Waals surface area contributed by atoms with Crippen LogP contribution >= 0.6 is 0 Å². The Bertz CT molecular complexity index is 1350. The van der Waals surface area contributed by atoms with Crippen LogP contribution in [0.2, 0.25) is 0 Å². The molecule has 8 heteroatoms. The maximum Gasteiger partial charge on any atom is 0.416 e. The van der Waals surface area contributed by atoms with Crippen molar-refractivity contribution in [2.24, 2.45) is 5.10 Å². The number of hydrogen-bond donors (Lipinski definition) is 1. The number of carbonyl (C=O) groups is 1. The van der Waals surface area contributed by atoms with Gasteiger partial charge in [0.15, 0.2) is 0 Å². The van der Waals surface area contributed by atoms with E-state index in [2.05, 4.69) is 10.5 Å². The minimum absolute atomic E-state index is 0.256. The number of ether oxygens (including phenoxy) is 1. The number of rotatable bonds is 4. The molecule has 1 N–H and O–H groups in total. The fourth-order valence-electron chi connectivity index (χ4n) is 3.84. The molecule has 5 nitrogen and oxygen atoms in total. The molecule has 0 saturated heterocycles. The maximum absolute atomic E-state index is 13.1. The average molecular weight is 462 g/mol. The zero-order chi connectivity index (χ0) is 23.7. The summed E-state index contributed by atoms with van der Waals surface area (Å²) in [5.74, 6) is 0.760. The SMILES string of the molecule is O=C(N/N=C\c1ccc(-c2cccc(C(F)(F)F)c2)o1)C1c2ccccc2Oc2ccccc21. The second-order valence-electron chi connectivity index (χ2n) is 7.63. The Morgan fingerprint density at radius 2 is 1.56 bits per heavy atom. The standard InChI is InChI=1S/C26H17F3N2O3/c27-26(28,29)17-7-5-6-16(14-17)21-13-12-18(33-21)15-30-31-25(32)24-19-8-1-3-10-22(19)34-23-11-4-2-9-20(23)24/h1-15,24H,(H,31,32)/b30-15-. The Labute approximate surface area is 192 Å². The van der Waals surface area contributed by atoms with Crippen LogP contribution in [0, 0.1) is 0 Å². The molecule has 0 radical (unpaired) electrons. The smallest absolute Gasteiger partial charge is 0.416 e. The second kappa shape index (κ2) is 8.55. The van der Waals surface area contributed by atoms with Crippen LogP contribution in [0.15, 0.2) is 94.4 Å². The van der Waals surface area contributed by atoms with Crippen LogP contribution in [0.3, 0.4) is 0 Å². The molecule has 0 unspecified atom stereocenters. The van der Waals surface area contributed by atoms with Gasteiger partial charge in [0.05, 0.1) is 17.7 Å². The van der Waals surface area contributed by atoms with Gasteiger partial charge in [-0.2, -0.15) is 18.3 Å². The molecule has 4 aromatic rings. The number of nitrogens with one attached hydrogen (secondary N) is 1. The van der Waals surface area contributed by atoms with Crippen LogP contribution in [0.4, 0.5) is 13.2 Å². The van der Waals surface area contributed by atoms with Gasteiger partial charge >= 0.3 is 6.18 Å². The van der Waals surface area contributed by atoms with Gasteiger partial charge in [-0.3, -0.25) is 4.79 Å². The third-order valence-corrected chi connectivity index (χ3v) is 5.41. The van der Waals surface area contributed by atoms with Crippen molar-refractivity contribution in [2.75, 3.05) is 0 Å². The van der Waals surface area contributed by atoms with Crippen LogP contribution in [0.25, 0.3) is 11.3 Å². The molecule has 1 aromatic heterocycles. The normalized spacial score (nSPS) is 13.3. The summed E-state index contributed by atoms with van der Waals surface area (Å²) in [6, 6.07) is 22.5. The molecule has 1 aliphatic rings. The van der Waals surface area contributed by atoms with Crippen molar-refractivity contribution in [3.63, 3.8) is 0 Å². The molecule has 1 aliphatic heterocycles. The molecule has 1 amide bonds. The first-order chi connectivity index (χ1) is 16.4. The van der Waals surface area contributed by atoms with E-state index >= 15 is 0 Å². The van der Waals surface area contributed by atoms with Gasteiger partial charge in [-0.15, -0.1) is 0 Å². The van der Waals surface area contributed by atoms with E-state index < -0.39 is 17.7 Å². The van der Waals surface area contributed by atoms with E-state index in [1.165, 1.54) is 18.3 Å². The van der Waals surface area contributed by atoms with Gasteiger partial charge in [0.1, 0.15) is 23.0 Å². The summed E-state index contributed by atoms with van der Waals surface area (Å²) in [7, 11) is 0. The van der Waals surface area contributed by atoms with E-state index in [0.717, 1.165) is 23.3 Å². The maximum atomic E-state index is 13.1. The number of nitrogens with zero attached hydrogens (tertiary/aromatic N) is 1. The summed E-state index contributed by atoms with van der Waals surface area (Å²) in [6.07, 6.45) is -3.15. The lowest BCUT2D eigenvalue weighted by Crippen LogP contribution is -2.28. The lowest BCUT2D eigenvalue weighted by Gasteiger charge is -2.26. The Morgan fingerprint density at radius 1 is 0.882 bits per heavy atom. The molecule has 3 aromatic carbocycles. The fourth-order valence-corrected chi connectivity index (χ4v) is 3.84. The Hall–Kier alpha value is -4.33. The number of halogens is 3. The van der Waals surface area contributed by atoms with Crippen LogP contribution < -0.4 is 10.2 Å². The monoisotopic (exact) mass is 462 g/mol. The van der Waals surface area contributed by atoms with Crippen molar-refractivity contribution in [3.05, 3.63) is 107 Å². The van der Waals surface area contributed by atoms with Crippen molar-refractivity contribution < 1.29 is 27.1 Å². The highest BCUT2D eigenvalue weighted by Gasteiger charge is 2.32. The summed E-state index contributed by atoms with van der Waals surface area (Å²) in [6.45, 7) is 0. The predicted molar refractivity (Wildman–Crippen MR) is 120 cm³/mol. The quantitative estimate of drug-likeness (QED) is 0.284. The topological polar surface area (TPSA) is 63.8 Å².